The molecule has 1 aliphatic rings. The Labute approximate surface area is 112 Å². The van der Waals surface area contributed by atoms with Gasteiger partial charge in [-0.05, 0) is 42.5 Å². The van der Waals surface area contributed by atoms with Crippen molar-refractivity contribution in [2.75, 3.05) is 6.61 Å². The second kappa shape index (κ2) is 5.41. The number of benzene rings is 1. The number of ketones is 1. The molecule has 3 heteroatoms. The summed E-state index contributed by atoms with van der Waals surface area (Å²) in [6.07, 6.45) is 4.72. The monoisotopic (exact) mass is 256 g/mol. The SMILES string of the molecule is O=C(COC1CCCc2ccccc21)c1ccco1. The molecule has 0 saturated carbocycles. The van der Waals surface area contributed by atoms with E-state index in [-0.39, 0.29) is 18.5 Å². The first-order valence-corrected chi connectivity index (χ1v) is 6.61. The van der Waals surface area contributed by atoms with E-state index in [1.165, 1.54) is 17.4 Å². The fraction of sp³-hybridized carbons (Fsp3) is 0.312. The van der Waals surface area contributed by atoms with Crippen molar-refractivity contribution in [3.05, 3.63) is 59.5 Å². The molecule has 1 atom stereocenters. The first-order chi connectivity index (χ1) is 9.34. The molecule has 0 radical (unpaired) electrons. The van der Waals surface area contributed by atoms with Crippen LogP contribution in [0.2, 0.25) is 0 Å². The molecule has 3 rings (SSSR count). The van der Waals surface area contributed by atoms with Gasteiger partial charge in [0.1, 0.15) is 6.61 Å². The molecule has 0 N–H and O–H groups in total. The Hall–Kier alpha value is -1.87. The highest BCUT2D eigenvalue weighted by Crippen LogP contribution is 2.32. The van der Waals surface area contributed by atoms with Crippen molar-refractivity contribution in [3.8, 4) is 0 Å². The first kappa shape index (κ1) is 12.2. The lowest BCUT2D eigenvalue weighted by molar-refractivity contribution is 0.0356. The summed E-state index contributed by atoms with van der Waals surface area (Å²) in [7, 11) is 0. The molecular weight excluding hydrogens is 240 g/mol. The molecule has 19 heavy (non-hydrogen) atoms. The van der Waals surface area contributed by atoms with Crippen molar-refractivity contribution in [1.82, 2.24) is 0 Å². The van der Waals surface area contributed by atoms with Gasteiger partial charge >= 0.3 is 0 Å². The fourth-order valence-corrected chi connectivity index (χ4v) is 2.57. The number of carbonyl (C=O) groups is 1. The topological polar surface area (TPSA) is 39.4 Å². The third-order valence-corrected chi connectivity index (χ3v) is 3.53. The Kier molecular flexibility index (Phi) is 3.47. The number of fused-ring (bicyclic) bond motifs is 1. The molecular formula is C16H16O3. The van der Waals surface area contributed by atoms with Gasteiger partial charge in [-0.3, -0.25) is 4.79 Å². The largest absolute Gasteiger partial charge is 0.461 e. The van der Waals surface area contributed by atoms with Crippen LogP contribution in [-0.2, 0) is 11.2 Å². The van der Waals surface area contributed by atoms with E-state index >= 15 is 0 Å². The smallest absolute Gasteiger partial charge is 0.223 e. The lowest BCUT2D eigenvalue weighted by Crippen LogP contribution is -2.17. The van der Waals surface area contributed by atoms with Crippen molar-refractivity contribution >= 4 is 5.78 Å². The Morgan fingerprint density at radius 3 is 3.00 bits per heavy atom. The number of hydrogen-bond donors (Lipinski definition) is 0. The van der Waals surface area contributed by atoms with E-state index in [0.717, 1.165) is 19.3 Å². The quantitative estimate of drug-likeness (QED) is 0.785. The van der Waals surface area contributed by atoms with Crippen LogP contribution in [0.4, 0.5) is 0 Å². The van der Waals surface area contributed by atoms with Crippen LogP contribution < -0.4 is 0 Å². The first-order valence-electron chi connectivity index (χ1n) is 6.61. The summed E-state index contributed by atoms with van der Waals surface area (Å²) in [5.74, 6) is 0.261. The lowest BCUT2D eigenvalue weighted by atomic mass is 9.89. The van der Waals surface area contributed by atoms with Crippen LogP contribution in [0.15, 0.2) is 47.1 Å². The highest BCUT2D eigenvalue weighted by molar-refractivity contribution is 5.94. The van der Waals surface area contributed by atoms with Gasteiger partial charge in [0.25, 0.3) is 0 Å². The van der Waals surface area contributed by atoms with E-state index in [0.29, 0.717) is 5.76 Å². The van der Waals surface area contributed by atoms with Gasteiger partial charge in [-0.25, -0.2) is 0 Å². The van der Waals surface area contributed by atoms with Crippen molar-refractivity contribution < 1.29 is 13.9 Å². The van der Waals surface area contributed by atoms with Gasteiger partial charge < -0.3 is 9.15 Å². The molecule has 1 aromatic heterocycles. The molecule has 2 aromatic rings. The number of aryl methyl sites for hydroxylation is 1. The van der Waals surface area contributed by atoms with Crippen LogP contribution in [-0.4, -0.2) is 12.4 Å². The minimum atomic E-state index is -0.104. The van der Waals surface area contributed by atoms with Gasteiger partial charge in [0, 0.05) is 0 Å². The summed E-state index contributed by atoms with van der Waals surface area (Å²) in [5, 5.41) is 0. The minimum absolute atomic E-state index is 0.0314. The number of carbonyl (C=O) groups excluding carboxylic acids is 1. The number of ether oxygens (including phenoxy) is 1. The molecule has 0 aliphatic heterocycles. The van der Waals surface area contributed by atoms with Crippen molar-refractivity contribution in [2.45, 2.75) is 25.4 Å². The van der Waals surface area contributed by atoms with Crippen LogP contribution in [0.3, 0.4) is 0 Å². The Balaban J connectivity index is 1.67. The Morgan fingerprint density at radius 1 is 1.26 bits per heavy atom. The van der Waals surface area contributed by atoms with Gasteiger partial charge in [0.05, 0.1) is 12.4 Å². The standard InChI is InChI=1S/C16H16O3/c17-14(16-9-4-10-18-16)11-19-15-8-3-6-12-5-1-2-7-13(12)15/h1-2,4-5,7,9-10,15H,3,6,8,11H2. The molecule has 98 valence electrons. The summed E-state index contributed by atoms with van der Waals surface area (Å²) in [4.78, 5) is 11.8. The molecule has 1 heterocycles. The molecule has 3 nitrogen and oxygen atoms in total. The molecule has 1 unspecified atom stereocenters. The number of furan rings is 1. The van der Waals surface area contributed by atoms with E-state index in [1.807, 2.05) is 6.07 Å². The van der Waals surface area contributed by atoms with Gasteiger partial charge in [-0.2, -0.15) is 0 Å². The van der Waals surface area contributed by atoms with Crippen LogP contribution in [0.25, 0.3) is 0 Å². The maximum absolute atomic E-state index is 11.8. The molecule has 0 amide bonds. The number of hydrogen-bond acceptors (Lipinski definition) is 3. The van der Waals surface area contributed by atoms with Crippen molar-refractivity contribution in [1.29, 1.82) is 0 Å². The molecule has 0 fully saturated rings. The third-order valence-electron chi connectivity index (χ3n) is 3.53. The third kappa shape index (κ3) is 2.61. The molecule has 1 aliphatic carbocycles. The second-order valence-electron chi connectivity index (χ2n) is 4.79. The van der Waals surface area contributed by atoms with Gasteiger partial charge in [0.2, 0.25) is 5.78 Å². The van der Waals surface area contributed by atoms with Crippen LogP contribution in [0.5, 0.6) is 0 Å². The van der Waals surface area contributed by atoms with E-state index in [1.54, 1.807) is 12.1 Å². The number of Topliss-reactive ketones (excluding diaryl/α,β-unsaturated/α-hetero) is 1. The zero-order chi connectivity index (χ0) is 13.1. The maximum Gasteiger partial charge on any atom is 0.223 e. The highest BCUT2D eigenvalue weighted by Gasteiger charge is 2.21. The average molecular weight is 256 g/mol. The van der Waals surface area contributed by atoms with E-state index in [4.69, 9.17) is 9.15 Å². The summed E-state index contributed by atoms with van der Waals surface area (Å²) in [6.45, 7) is 0.0759. The molecule has 0 bridgehead atoms. The van der Waals surface area contributed by atoms with Crippen molar-refractivity contribution in [3.63, 3.8) is 0 Å². The predicted octanol–water partition coefficient (Wildman–Crippen LogP) is 3.56. The Bertz CT molecular complexity index is 557. The number of rotatable bonds is 4. The van der Waals surface area contributed by atoms with Crippen LogP contribution in [0, 0.1) is 0 Å². The summed E-state index contributed by atoms with van der Waals surface area (Å²) in [6, 6.07) is 11.7. The van der Waals surface area contributed by atoms with E-state index in [9.17, 15) is 4.79 Å². The van der Waals surface area contributed by atoms with Crippen LogP contribution >= 0.6 is 0 Å². The zero-order valence-corrected chi connectivity index (χ0v) is 10.7. The summed E-state index contributed by atoms with van der Waals surface area (Å²) in [5.41, 5.74) is 2.56. The van der Waals surface area contributed by atoms with E-state index in [2.05, 4.69) is 18.2 Å². The van der Waals surface area contributed by atoms with Crippen molar-refractivity contribution in [2.24, 2.45) is 0 Å². The normalized spacial score (nSPS) is 18.0. The molecule has 0 spiro atoms. The molecule has 1 aromatic carbocycles. The highest BCUT2D eigenvalue weighted by atomic mass is 16.5. The zero-order valence-electron chi connectivity index (χ0n) is 10.7. The second-order valence-corrected chi connectivity index (χ2v) is 4.79. The van der Waals surface area contributed by atoms with Gasteiger partial charge in [-0.1, -0.05) is 24.3 Å². The minimum Gasteiger partial charge on any atom is -0.461 e. The predicted molar refractivity (Wildman–Crippen MR) is 71.1 cm³/mol. The average Bonchev–Trinajstić information content (AvgIpc) is 2.99. The summed E-state index contributed by atoms with van der Waals surface area (Å²) < 4.78 is 10.9. The fourth-order valence-electron chi connectivity index (χ4n) is 2.57. The van der Waals surface area contributed by atoms with Gasteiger partial charge in [0.15, 0.2) is 5.76 Å². The van der Waals surface area contributed by atoms with Crippen LogP contribution in [0.1, 0.15) is 40.6 Å². The van der Waals surface area contributed by atoms with E-state index < -0.39 is 0 Å². The maximum atomic E-state index is 11.8. The Morgan fingerprint density at radius 2 is 2.16 bits per heavy atom. The summed E-state index contributed by atoms with van der Waals surface area (Å²) >= 11 is 0. The van der Waals surface area contributed by atoms with Gasteiger partial charge in [-0.15, -0.1) is 0 Å². The lowest BCUT2D eigenvalue weighted by Gasteiger charge is -2.25. The molecule has 0 saturated heterocycles.